The summed E-state index contributed by atoms with van der Waals surface area (Å²) in [4.78, 5) is 39.2. The third kappa shape index (κ3) is 5.24. The maximum atomic E-state index is 13.2. The van der Waals surface area contributed by atoms with Gasteiger partial charge >= 0.3 is 6.03 Å². The summed E-state index contributed by atoms with van der Waals surface area (Å²) < 4.78 is 11.7. The predicted molar refractivity (Wildman–Crippen MR) is 133 cm³/mol. The molecule has 0 aliphatic carbocycles. The van der Waals surface area contributed by atoms with Crippen LogP contribution in [0.4, 0.5) is 10.5 Å². The van der Waals surface area contributed by atoms with Crippen LogP contribution in [-0.4, -0.2) is 24.5 Å². The van der Waals surface area contributed by atoms with Crippen molar-refractivity contribution in [1.29, 1.82) is 0 Å². The second-order valence-electron chi connectivity index (χ2n) is 8.16. The van der Waals surface area contributed by atoms with Gasteiger partial charge in [-0.2, -0.15) is 0 Å². The summed E-state index contributed by atoms with van der Waals surface area (Å²) in [5, 5.41) is 2.25. The van der Waals surface area contributed by atoms with Crippen molar-refractivity contribution >= 4 is 29.6 Å². The number of hydrogen-bond donors (Lipinski definition) is 1. The topological polar surface area (TPSA) is 84.9 Å². The maximum Gasteiger partial charge on any atom is 0.335 e. The van der Waals surface area contributed by atoms with Crippen LogP contribution >= 0.6 is 0 Å². The molecular weight excluding hydrogens is 444 g/mol. The summed E-state index contributed by atoms with van der Waals surface area (Å²) in [6.45, 7) is 6.46. The Labute approximate surface area is 204 Å². The first kappa shape index (κ1) is 23.8. The van der Waals surface area contributed by atoms with Crippen molar-refractivity contribution in [2.75, 3.05) is 11.5 Å². The summed E-state index contributed by atoms with van der Waals surface area (Å²) in [7, 11) is 0. The molecule has 4 rings (SSSR count). The molecule has 1 N–H and O–H groups in total. The minimum Gasteiger partial charge on any atom is -0.490 e. The summed E-state index contributed by atoms with van der Waals surface area (Å²) in [6, 6.07) is 19.4. The van der Waals surface area contributed by atoms with Crippen molar-refractivity contribution in [3.05, 3.63) is 94.6 Å². The van der Waals surface area contributed by atoms with Crippen LogP contribution < -0.4 is 19.7 Å². The largest absolute Gasteiger partial charge is 0.490 e. The monoisotopic (exact) mass is 470 g/mol. The molecule has 3 aromatic carbocycles. The first-order chi connectivity index (χ1) is 16.9. The van der Waals surface area contributed by atoms with E-state index in [1.54, 1.807) is 43.3 Å². The smallest absolute Gasteiger partial charge is 0.335 e. The fourth-order valence-electron chi connectivity index (χ4n) is 3.82. The highest BCUT2D eigenvalue weighted by Gasteiger charge is 2.37. The standard InChI is InChI=1S/C28H26N2O5/c1-4-34-25-16-20(12-13-24(25)35-17-21-10-7-8-18(2)14-21)15-22-26(31)29-28(33)30(27(22)32)23-11-6-5-9-19(23)3/h5-16H,4,17H2,1-3H3,(H,29,31,33)/b22-15+. The quantitative estimate of drug-likeness (QED) is 0.390. The number of urea groups is 1. The summed E-state index contributed by atoms with van der Waals surface area (Å²) >= 11 is 0. The van der Waals surface area contributed by atoms with E-state index in [0.29, 0.717) is 36.0 Å². The van der Waals surface area contributed by atoms with Crippen LogP contribution in [-0.2, 0) is 16.2 Å². The molecule has 1 aliphatic heterocycles. The molecule has 1 saturated heterocycles. The minimum absolute atomic E-state index is 0.149. The lowest BCUT2D eigenvalue weighted by atomic mass is 10.1. The molecule has 1 heterocycles. The van der Waals surface area contributed by atoms with Gasteiger partial charge in [-0.25, -0.2) is 9.69 Å². The van der Waals surface area contributed by atoms with Crippen molar-refractivity contribution in [3.8, 4) is 11.5 Å². The van der Waals surface area contributed by atoms with Gasteiger partial charge in [0.15, 0.2) is 11.5 Å². The van der Waals surface area contributed by atoms with E-state index in [4.69, 9.17) is 9.47 Å². The van der Waals surface area contributed by atoms with Crippen LogP contribution in [0.3, 0.4) is 0 Å². The predicted octanol–water partition coefficient (Wildman–Crippen LogP) is 4.95. The van der Waals surface area contributed by atoms with E-state index in [9.17, 15) is 14.4 Å². The molecule has 0 radical (unpaired) electrons. The van der Waals surface area contributed by atoms with E-state index in [0.717, 1.165) is 21.6 Å². The third-order valence-electron chi connectivity index (χ3n) is 5.51. The number of nitrogens with one attached hydrogen (secondary N) is 1. The van der Waals surface area contributed by atoms with Crippen molar-refractivity contribution < 1.29 is 23.9 Å². The summed E-state index contributed by atoms with van der Waals surface area (Å²) in [5.41, 5.74) is 3.75. The Morgan fingerprint density at radius 1 is 0.886 bits per heavy atom. The SMILES string of the molecule is CCOc1cc(/C=C2\C(=O)NC(=O)N(c3ccccc3C)C2=O)ccc1OCc1cccc(C)c1. The van der Waals surface area contributed by atoms with Gasteiger partial charge in [-0.1, -0.05) is 54.1 Å². The Morgan fingerprint density at radius 2 is 1.69 bits per heavy atom. The molecule has 7 heteroatoms. The number of anilines is 1. The number of nitrogens with zero attached hydrogens (tertiary/aromatic N) is 1. The Balaban J connectivity index is 1.62. The molecule has 0 aromatic heterocycles. The van der Waals surface area contributed by atoms with Crippen LogP contribution in [0.15, 0.2) is 72.3 Å². The molecular formula is C28H26N2O5. The highest BCUT2D eigenvalue weighted by atomic mass is 16.5. The van der Waals surface area contributed by atoms with Gasteiger partial charge in [-0.3, -0.25) is 14.9 Å². The van der Waals surface area contributed by atoms with Crippen molar-refractivity contribution in [2.45, 2.75) is 27.4 Å². The van der Waals surface area contributed by atoms with Gasteiger partial charge in [0.05, 0.1) is 12.3 Å². The first-order valence-corrected chi connectivity index (χ1v) is 11.3. The van der Waals surface area contributed by atoms with Crippen LogP contribution in [0.5, 0.6) is 11.5 Å². The Morgan fingerprint density at radius 3 is 2.43 bits per heavy atom. The lowest BCUT2D eigenvalue weighted by Gasteiger charge is -2.27. The second-order valence-corrected chi connectivity index (χ2v) is 8.16. The van der Waals surface area contributed by atoms with Crippen molar-refractivity contribution in [1.82, 2.24) is 5.32 Å². The summed E-state index contributed by atoms with van der Waals surface area (Å²) in [5.74, 6) is -0.398. The number of benzene rings is 3. The third-order valence-corrected chi connectivity index (χ3v) is 5.51. The van der Waals surface area contributed by atoms with Crippen LogP contribution in [0.25, 0.3) is 6.08 Å². The van der Waals surface area contributed by atoms with Gasteiger partial charge in [0.1, 0.15) is 12.2 Å². The van der Waals surface area contributed by atoms with Gasteiger partial charge in [-0.05, 0) is 61.7 Å². The molecule has 0 unspecified atom stereocenters. The number of rotatable bonds is 7. The number of para-hydroxylation sites is 1. The van der Waals surface area contributed by atoms with E-state index in [1.807, 2.05) is 44.2 Å². The molecule has 3 aromatic rings. The maximum absolute atomic E-state index is 13.2. The van der Waals surface area contributed by atoms with E-state index in [-0.39, 0.29) is 5.57 Å². The molecule has 0 bridgehead atoms. The van der Waals surface area contributed by atoms with E-state index < -0.39 is 17.8 Å². The fraction of sp³-hybridized carbons (Fsp3) is 0.179. The van der Waals surface area contributed by atoms with Crippen molar-refractivity contribution in [2.24, 2.45) is 0 Å². The Hall–Kier alpha value is -4.39. The van der Waals surface area contributed by atoms with E-state index in [1.165, 1.54) is 6.08 Å². The molecule has 35 heavy (non-hydrogen) atoms. The average molecular weight is 471 g/mol. The first-order valence-electron chi connectivity index (χ1n) is 11.3. The number of hydrogen-bond acceptors (Lipinski definition) is 5. The fourth-order valence-corrected chi connectivity index (χ4v) is 3.82. The zero-order chi connectivity index (χ0) is 24.9. The average Bonchev–Trinajstić information content (AvgIpc) is 2.82. The van der Waals surface area contributed by atoms with Crippen LogP contribution in [0, 0.1) is 13.8 Å². The number of amides is 4. The lowest BCUT2D eigenvalue weighted by molar-refractivity contribution is -0.122. The van der Waals surface area contributed by atoms with E-state index in [2.05, 4.69) is 5.32 Å². The van der Waals surface area contributed by atoms with Gasteiger partial charge in [0.2, 0.25) is 0 Å². The molecule has 0 spiro atoms. The number of carbonyl (C=O) groups is 3. The number of barbiturate groups is 1. The molecule has 7 nitrogen and oxygen atoms in total. The van der Waals surface area contributed by atoms with Crippen LogP contribution in [0.1, 0.15) is 29.2 Å². The zero-order valence-electron chi connectivity index (χ0n) is 19.8. The molecule has 4 amide bonds. The van der Waals surface area contributed by atoms with Gasteiger partial charge in [-0.15, -0.1) is 0 Å². The normalized spacial score (nSPS) is 14.8. The highest BCUT2D eigenvalue weighted by Crippen LogP contribution is 2.31. The second kappa shape index (κ2) is 10.3. The molecule has 178 valence electrons. The lowest BCUT2D eigenvalue weighted by Crippen LogP contribution is -2.54. The minimum atomic E-state index is -0.777. The van der Waals surface area contributed by atoms with Gasteiger partial charge in [0, 0.05) is 0 Å². The molecule has 1 aliphatic rings. The van der Waals surface area contributed by atoms with Gasteiger partial charge in [0.25, 0.3) is 11.8 Å². The zero-order valence-corrected chi connectivity index (χ0v) is 19.8. The highest BCUT2D eigenvalue weighted by molar-refractivity contribution is 6.39. The Bertz CT molecular complexity index is 1330. The number of carbonyl (C=O) groups excluding carboxylic acids is 3. The molecule has 1 fully saturated rings. The molecule has 0 atom stereocenters. The number of imide groups is 2. The Kier molecular flexibility index (Phi) is 6.96. The number of aryl methyl sites for hydroxylation is 2. The van der Waals surface area contributed by atoms with Crippen molar-refractivity contribution in [3.63, 3.8) is 0 Å². The molecule has 0 saturated carbocycles. The van der Waals surface area contributed by atoms with E-state index >= 15 is 0 Å². The van der Waals surface area contributed by atoms with Gasteiger partial charge < -0.3 is 9.47 Å². The number of ether oxygens (including phenoxy) is 2. The summed E-state index contributed by atoms with van der Waals surface area (Å²) in [6.07, 6.45) is 1.45. The van der Waals surface area contributed by atoms with Crippen LogP contribution in [0.2, 0.25) is 0 Å².